The molecule has 0 aliphatic heterocycles. The molecule has 29 heavy (non-hydrogen) atoms. The maximum atomic E-state index is 6.30. The summed E-state index contributed by atoms with van der Waals surface area (Å²) in [4.78, 5) is 2.24. The molecule has 0 saturated heterocycles. The van der Waals surface area contributed by atoms with Gasteiger partial charge < -0.3 is 9.64 Å². The van der Waals surface area contributed by atoms with Crippen LogP contribution in [0.2, 0.25) is 0 Å². The average molecular weight is 406 g/mol. The molecule has 0 fully saturated rings. The number of nitrogens with zero attached hydrogens (tertiary/aromatic N) is 1. The van der Waals surface area contributed by atoms with Crippen molar-refractivity contribution in [2.75, 3.05) is 14.1 Å². The first-order valence-corrected chi connectivity index (χ1v) is 11.3. The average Bonchev–Trinajstić information content (AvgIpc) is 2.74. The van der Waals surface area contributed by atoms with Gasteiger partial charge in [0.25, 0.3) is 0 Å². The topological polar surface area (TPSA) is 12.5 Å². The van der Waals surface area contributed by atoms with Gasteiger partial charge in [-0.3, -0.25) is 0 Å². The van der Waals surface area contributed by atoms with Gasteiger partial charge in [0.05, 0.1) is 0 Å². The Balaban J connectivity index is 1.87. The van der Waals surface area contributed by atoms with Gasteiger partial charge in [0, 0.05) is 17.3 Å². The maximum absolute atomic E-state index is 6.30. The molecule has 0 aliphatic rings. The van der Waals surface area contributed by atoms with Crippen LogP contribution >= 0.6 is 8.58 Å². The Kier molecular flexibility index (Phi) is 7.47. The van der Waals surface area contributed by atoms with Crippen molar-refractivity contribution in [1.82, 2.24) is 4.90 Å². The van der Waals surface area contributed by atoms with Crippen molar-refractivity contribution in [3.05, 3.63) is 95.6 Å². The van der Waals surface area contributed by atoms with Gasteiger partial charge in [0.15, 0.2) is 0 Å². The number of rotatable bonds is 9. The van der Waals surface area contributed by atoms with E-state index >= 15 is 0 Å². The van der Waals surface area contributed by atoms with Gasteiger partial charge in [-0.2, -0.15) is 0 Å². The lowest BCUT2D eigenvalue weighted by Crippen LogP contribution is -2.23. The Hall–Kier alpha value is -2.15. The monoisotopic (exact) mass is 405 g/mol. The third-order valence-corrected chi connectivity index (χ3v) is 7.27. The lowest BCUT2D eigenvalue weighted by molar-refractivity contribution is 0.300. The molecule has 0 heterocycles. The van der Waals surface area contributed by atoms with Crippen LogP contribution in [-0.2, 0) is 18.3 Å². The van der Waals surface area contributed by atoms with Crippen LogP contribution in [0.25, 0.3) is 0 Å². The molecule has 0 saturated carbocycles. The minimum absolute atomic E-state index is 0.0374. The molecule has 2 nitrogen and oxygen atoms in total. The van der Waals surface area contributed by atoms with Crippen LogP contribution in [0.4, 0.5) is 0 Å². The zero-order valence-corrected chi connectivity index (χ0v) is 19.0. The standard InChI is InChI=1S/C26H32NOP/c1-5-26(2,29-25-18-12-9-15-22(25)19-27(3)4)23-16-10-11-17-24(23)28-20-21-13-7-6-8-14-21/h6-18,29H,5,19-20H2,1-4H3. The Morgan fingerprint density at radius 3 is 2.24 bits per heavy atom. The summed E-state index contributed by atoms with van der Waals surface area (Å²) in [5.41, 5.74) is 3.91. The molecule has 152 valence electrons. The molecule has 0 amide bonds. The van der Waals surface area contributed by atoms with E-state index in [1.165, 1.54) is 22.0 Å². The molecule has 3 aromatic rings. The summed E-state index contributed by atoms with van der Waals surface area (Å²) in [7, 11) is 4.95. The molecular weight excluding hydrogens is 373 g/mol. The summed E-state index contributed by atoms with van der Waals surface area (Å²) in [5.74, 6) is 0.998. The van der Waals surface area contributed by atoms with E-state index < -0.39 is 0 Å². The molecule has 2 atom stereocenters. The molecule has 2 unspecified atom stereocenters. The highest BCUT2D eigenvalue weighted by Gasteiger charge is 2.29. The van der Waals surface area contributed by atoms with Gasteiger partial charge in [0.2, 0.25) is 0 Å². The van der Waals surface area contributed by atoms with E-state index in [0.29, 0.717) is 15.2 Å². The van der Waals surface area contributed by atoms with E-state index in [1.54, 1.807) is 0 Å². The summed E-state index contributed by atoms with van der Waals surface area (Å²) in [6, 6.07) is 27.8. The van der Waals surface area contributed by atoms with Gasteiger partial charge in [-0.1, -0.05) is 95.2 Å². The second-order valence-corrected chi connectivity index (χ2v) is 9.87. The molecule has 0 aliphatic carbocycles. The third kappa shape index (κ3) is 5.69. The first-order chi connectivity index (χ1) is 14.0. The largest absolute Gasteiger partial charge is 0.489 e. The summed E-state index contributed by atoms with van der Waals surface area (Å²) in [5, 5.41) is 1.49. The number of hydrogen-bond donors (Lipinski definition) is 0. The molecular formula is C26H32NOP. The highest BCUT2D eigenvalue weighted by molar-refractivity contribution is 7.48. The van der Waals surface area contributed by atoms with E-state index in [1.807, 2.05) is 6.07 Å². The second-order valence-electron chi connectivity index (χ2n) is 7.98. The Labute approximate surface area is 177 Å². The maximum Gasteiger partial charge on any atom is 0.123 e. The molecule has 3 heteroatoms. The molecule has 0 bridgehead atoms. The minimum atomic E-state index is 0.0374. The SMILES string of the molecule is CCC(C)(Pc1ccccc1CN(C)C)c1ccccc1OCc1ccccc1. The fourth-order valence-corrected chi connectivity index (χ4v) is 5.16. The van der Waals surface area contributed by atoms with Gasteiger partial charge in [-0.05, 0) is 43.0 Å². The van der Waals surface area contributed by atoms with E-state index in [2.05, 4.69) is 106 Å². The molecule has 3 aromatic carbocycles. The Bertz CT molecular complexity index is 909. The van der Waals surface area contributed by atoms with Crippen LogP contribution in [0.5, 0.6) is 5.75 Å². The van der Waals surface area contributed by atoms with Gasteiger partial charge in [-0.15, -0.1) is 0 Å². The number of para-hydroxylation sites is 1. The summed E-state index contributed by atoms with van der Waals surface area (Å²) >= 11 is 0. The van der Waals surface area contributed by atoms with Crippen molar-refractivity contribution in [3.63, 3.8) is 0 Å². The molecule has 0 aromatic heterocycles. The van der Waals surface area contributed by atoms with Crippen molar-refractivity contribution in [1.29, 1.82) is 0 Å². The van der Waals surface area contributed by atoms with Gasteiger partial charge in [0.1, 0.15) is 12.4 Å². The zero-order valence-electron chi connectivity index (χ0n) is 18.0. The van der Waals surface area contributed by atoms with E-state index in [-0.39, 0.29) is 5.16 Å². The van der Waals surface area contributed by atoms with Crippen LogP contribution in [0.15, 0.2) is 78.9 Å². The summed E-state index contributed by atoms with van der Waals surface area (Å²) < 4.78 is 6.30. The summed E-state index contributed by atoms with van der Waals surface area (Å²) in [6.45, 7) is 6.23. The summed E-state index contributed by atoms with van der Waals surface area (Å²) in [6.07, 6.45) is 1.06. The predicted octanol–water partition coefficient (Wildman–Crippen LogP) is 5.96. The van der Waals surface area contributed by atoms with E-state index in [4.69, 9.17) is 4.74 Å². The molecule has 0 N–H and O–H groups in total. The Morgan fingerprint density at radius 2 is 1.52 bits per heavy atom. The van der Waals surface area contributed by atoms with Crippen molar-refractivity contribution < 1.29 is 4.74 Å². The van der Waals surface area contributed by atoms with E-state index in [0.717, 1.165) is 18.7 Å². The van der Waals surface area contributed by atoms with Crippen LogP contribution in [-0.4, -0.2) is 19.0 Å². The van der Waals surface area contributed by atoms with Crippen molar-refractivity contribution in [2.45, 2.75) is 38.6 Å². The minimum Gasteiger partial charge on any atom is -0.489 e. The first kappa shape index (κ1) is 21.6. The van der Waals surface area contributed by atoms with E-state index in [9.17, 15) is 0 Å². The lowest BCUT2D eigenvalue weighted by atomic mass is 9.96. The fourth-order valence-electron chi connectivity index (χ4n) is 3.55. The highest BCUT2D eigenvalue weighted by atomic mass is 31.1. The Morgan fingerprint density at radius 1 is 0.862 bits per heavy atom. The van der Waals surface area contributed by atoms with Crippen molar-refractivity contribution in [2.24, 2.45) is 0 Å². The van der Waals surface area contributed by atoms with Crippen molar-refractivity contribution in [3.8, 4) is 5.75 Å². The third-order valence-electron chi connectivity index (χ3n) is 5.34. The predicted molar refractivity (Wildman–Crippen MR) is 127 cm³/mol. The van der Waals surface area contributed by atoms with Gasteiger partial charge >= 0.3 is 0 Å². The number of hydrogen-bond acceptors (Lipinski definition) is 2. The van der Waals surface area contributed by atoms with Gasteiger partial charge in [-0.25, -0.2) is 0 Å². The first-order valence-electron chi connectivity index (χ1n) is 10.3. The number of benzene rings is 3. The molecule has 3 rings (SSSR count). The molecule has 0 spiro atoms. The van der Waals surface area contributed by atoms with Crippen LogP contribution in [0.1, 0.15) is 37.0 Å². The van der Waals surface area contributed by atoms with Crippen LogP contribution in [0.3, 0.4) is 0 Å². The quantitative estimate of drug-likeness (QED) is 0.408. The highest BCUT2D eigenvalue weighted by Crippen LogP contribution is 2.47. The smallest absolute Gasteiger partial charge is 0.123 e. The van der Waals surface area contributed by atoms with Crippen LogP contribution < -0.4 is 10.0 Å². The number of ether oxygens (including phenoxy) is 1. The second kappa shape index (κ2) is 10.1. The van der Waals surface area contributed by atoms with Crippen molar-refractivity contribution >= 4 is 13.9 Å². The zero-order chi connectivity index (χ0) is 20.7. The van der Waals surface area contributed by atoms with Crippen LogP contribution in [0, 0.1) is 0 Å². The normalized spacial score (nSPS) is 13.7. The fraction of sp³-hybridized carbons (Fsp3) is 0.308. The molecule has 0 radical (unpaired) electrons. The lowest BCUT2D eigenvalue weighted by Gasteiger charge is -2.32.